The van der Waals surface area contributed by atoms with E-state index in [1.165, 1.54) is 18.0 Å². The minimum atomic E-state index is -1.08. The highest BCUT2D eigenvalue weighted by Gasteiger charge is 2.40. The molecule has 0 spiro atoms. The van der Waals surface area contributed by atoms with Crippen LogP contribution in [0.3, 0.4) is 0 Å². The third kappa shape index (κ3) is 2.75. The zero-order chi connectivity index (χ0) is 14.2. The maximum absolute atomic E-state index is 12.0. The van der Waals surface area contributed by atoms with Crippen LogP contribution in [0, 0.1) is 0 Å². The summed E-state index contributed by atoms with van der Waals surface area (Å²) >= 11 is 11.8. The summed E-state index contributed by atoms with van der Waals surface area (Å²) in [5, 5.41) is 10.5. The number of hydrogen-bond acceptors (Lipinski definition) is 3. The molecule has 0 aromatic heterocycles. The molecule has 2 rings (SSSR count). The lowest BCUT2D eigenvalue weighted by molar-refractivity contribution is -0.147. The molecule has 1 heterocycles. The van der Waals surface area contributed by atoms with Crippen molar-refractivity contribution in [1.82, 2.24) is 5.06 Å². The first-order valence-electron chi connectivity index (χ1n) is 5.30. The Bertz CT molecular complexity index is 537. The van der Waals surface area contributed by atoms with Crippen molar-refractivity contribution >= 4 is 40.9 Å². The third-order valence-corrected chi connectivity index (χ3v) is 3.10. The Kier molecular flexibility index (Phi) is 3.84. The van der Waals surface area contributed by atoms with Crippen molar-refractivity contribution in [2.75, 3.05) is 11.9 Å². The molecular formula is C11H10Cl2N2O4. The number of carbonyl (C=O) groups excluding carboxylic acids is 1. The lowest BCUT2D eigenvalue weighted by atomic mass is 10.2. The number of aliphatic carboxylic acids is 1. The number of hydrogen-bond donors (Lipinski definition) is 1. The Morgan fingerprint density at radius 1 is 1.47 bits per heavy atom. The molecule has 0 aliphatic carbocycles. The van der Waals surface area contributed by atoms with Gasteiger partial charge in [0.2, 0.25) is 0 Å². The van der Waals surface area contributed by atoms with E-state index in [9.17, 15) is 9.59 Å². The molecule has 1 aromatic carbocycles. The number of amides is 2. The Morgan fingerprint density at radius 3 is 2.74 bits per heavy atom. The number of nitrogens with zero attached hydrogens (tertiary/aromatic N) is 2. The van der Waals surface area contributed by atoms with Gasteiger partial charge in [0.05, 0.1) is 17.1 Å². The molecule has 0 bridgehead atoms. The second kappa shape index (κ2) is 5.24. The summed E-state index contributed by atoms with van der Waals surface area (Å²) in [4.78, 5) is 29.1. The zero-order valence-electron chi connectivity index (χ0n) is 9.84. The number of urea groups is 1. The smallest absolute Gasteiger partial charge is 0.350 e. The van der Waals surface area contributed by atoms with E-state index in [1.54, 1.807) is 12.1 Å². The average molecular weight is 305 g/mol. The van der Waals surface area contributed by atoms with Crippen LogP contribution in [-0.2, 0) is 9.63 Å². The van der Waals surface area contributed by atoms with Crippen molar-refractivity contribution in [3.63, 3.8) is 0 Å². The van der Waals surface area contributed by atoms with E-state index in [0.29, 0.717) is 10.7 Å². The van der Waals surface area contributed by atoms with Gasteiger partial charge in [-0.05, 0) is 18.2 Å². The molecule has 19 heavy (non-hydrogen) atoms. The van der Waals surface area contributed by atoms with E-state index in [4.69, 9.17) is 33.1 Å². The summed E-state index contributed by atoms with van der Waals surface area (Å²) < 4.78 is 0. The van der Waals surface area contributed by atoms with E-state index in [0.717, 1.165) is 5.06 Å². The van der Waals surface area contributed by atoms with Crippen LogP contribution < -0.4 is 4.90 Å². The average Bonchev–Trinajstić information content (AvgIpc) is 2.55. The quantitative estimate of drug-likeness (QED) is 0.932. The number of halogens is 2. The van der Waals surface area contributed by atoms with Crippen molar-refractivity contribution in [1.29, 1.82) is 0 Å². The molecule has 1 aliphatic rings. The normalized spacial score (nSPS) is 19.1. The van der Waals surface area contributed by atoms with Crippen molar-refractivity contribution in [2.24, 2.45) is 0 Å². The van der Waals surface area contributed by atoms with Crippen molar-refractivity contribution in [3.8, 4) is 0 Å². The van der Waals surface area contributed by atoms with Gasteiger partial charge in [0, 0.05) is 12.1 Å². The second-order valence-electron chi connectivity index (χ2n) is 3.90. The largest absolute Gasteiger partial charge is 0.481 e. The first-order valence-corrected chi connectivity index (χ1v) is 6.06. The van der Waals surface area contributed by atoms with Gasteiger partial charge in [0.1, 0.15) is 0 Å². The van der Waals surface area contributed by atoms with Gasteiger partial charge in [-0.3, -0.25) is 9.69 Å². The van der Waals surface area contributed by atoms with Gasteiger partial charge >= 0.3 is 12.0 Å². The monoisotopic (exact) mass is 304 g/mol. The van der Waals surface area contributed by atoms with E-state index < -0.39 is 18.2 Å². The van der Waals surface area contributed by atoms with Crippen molar-refractivity contribution < 1.29 is 19.5 Å². The molecule has 8 heteroatoms. The number of carboxylic acid groups (broad SMARTS) is 1. The van der Waals surface area contributed by atoms with Crippen LogP contribution in [0.1, 0.15) is 6.42 Å². The molecule has 0 saturated carbocycles. The Labute approximate surface area is 119 Å². The maximum Gasteiger partial charge on any atom is 0.350 e. The molecule has 6 nitrogen and oxygen atoms in total. The second-order valence-corrected chi connectivity index (χ2v) is 4.75. The summed E-state index contributed by atoms with van der Waals surface area (Å²) in [7, 11) is 1.40. The highest BCUT2D eigenvalue weighted by molar-refractivity contribution is 6.36. The Hall–Kier alpha value is -1.50. The first kappa shape index (κ1) is 13.9. The highest BCUT2D eigenvalue weighted by atomic mass is 35.5. The van der Waals surface area contributed by atoms with Crippen LogP contribution in [0.5, 0.6) is 0 Å². The van der Waals surface area contributed by atoms with Gasteiger partial charge in [-0.1, -0.05) is 23.2 Å². The van der Waals surface area contributed by atoms with Crippen LogP contribution in [0.2, 0.25) is 10.0 Å². The van der Waals surface area contributed by atoms with E-state index in [-0.39, 0.29) is 11.4 Å². The minimum absolute atomic E-state index is 0.245. The summed E-state index contributed by atoms with van der Waals surface area (Å²) in [6.07, 6.45) is -1.29. The third-order valence-electron chi connectivity index (χ3n) is 2.56. The van der Waals surface area contributed by atoms with Crippen LogP contribution in [0.25, 0.3) is 0 Å². The Balaban J connectivity index is 2.38. The van der Waals surface area contributed by atoms with E-state index in [1.807, 2.05) is 0 Å². The molecule has 1 atom stereocenters. The van der Waals surface area contributed by atoms with Gasteiger partial charge in [0.25, 0.3) is 0 Å². The predicted octanol–water partition coefficient (Wildman–Crippen LogP) is 2.60. The van der Waals surface area contributed by atoms with E-state index in [2.05, 4.69) is 0 Å². The molecule has 1 saturated heterocycles. The van der Waals surface area contributed by atoms with Gasteiger partial charge in [-0.15, -0.1) is 0 Å². The molecule has 2 amide bonds. The van der Waals surface area contributed by atoms with E-state index >= 15 is 0 Å². The molecule has 1 unspecified atom stereocenters. The number of carbonyl (C=O) groups is 2. The standard InChI is InChI=1S/C11H10Cl2N2O4/c1-14-11(18)15(9(19-14)5-10(16)17)8-3-2-6(12)4-7(8)13/h2-4,9H,5H2,1H3,(H,16,17). The zero-order valence-corrected chi connectivity index (χ0v) is 11.4. The summed E-state index contributed by atoms with van der Waals surface area (Å²) in [5.74, 6) is -1.08. The molecule has 102 valence electrons. The molecule has 0 radical (unpaired) electrons. The number of anilines is 1. The molecule has 1 N–H and O–H groups in total. The van der Waals surface area contributed by atoms with Gasteiger partial charge < -0.3 is 5.11 Å². The highest BCUT2D eigenvalue weighted by Crippen LogP contribution is 2.34. The van der Waals surface area contributed by atoms with Crippen molar-refractivity contribution in [3.05, 3.63) is 28.2 Å². The van der Waals surface area contributed by atoms with Crippen LogP contribution >= 0.6 is 23.2 Å². The Morgan fingerprint density at radius 2 is 2.16 bits per heavy atom. The number of carboxylic acids is 1. The fraction of sp³-hybridized carbons (Fsp3) is 0.273. The van der Waals surface area contributed by atoms with Crippen molar-refractivity contribution in [2.45, 2.75) is 12.6 Å². The van der Waals surface area contributed by atoms with Crippen LogP contribution in [0.15, 0.2) is 18.2 Å². The summed E-state index contributed by atoms with van der Waals surface area (Å²) in [6.45, 7) is 0. The predicted molar refractivity (Wildman–Crippen MR) is 69.2 cm³/mol. The minimum Gasteiger partial charge on any atom is -0.481 e. The molecule has 1 aromatic rings. The summed E-state index contributed by atoms with van der Waals surface area (Å²) in [6, 6.07) is 4.09. The molecule has 1 fully saturated rings. The fourth-order valence-corrected chi connectivity index (χ4v) is 2.26. The molecular weight excluding hydrogens is 295 g/mol. The lowest BCUT2D eigenvalue weighted by Crippen LogP contribution is -2.35. The first-order chi connectivity index (χ1) is 8.90. The number of benzene rings is 1. The number of rotatable bonds is 3. The molecule has 1 aliphatic heterocycles. The fourth-order valence-electron chi connectivity index (χ4n) is 1.76. The van der Waals surface area contributed by atoms with Gasteiger partial charge in [0.15, 0.2) is 6.23 Å². The number of hydroxylamine groups is 2. The van der Waals surface area contributed by atoms with Gasteiger partial charge in [-0.25, -0.2) is 14.7 Å². The summed E-state index contributed by atoms with van der Waals surface area (Å²) in [5.41, 5.74) is 0.353. The lowest BCUT2D eigenvalue weighted by Gasteiger charge is -2.20. The topological polar surface area (TPSA) is 70.1 Å². The maximum atomic E-state index is 12.0. The van der Waals surface area contributed by atoms with Gasteiger partial charge in [-0.2, -0.15) is 0 Å². The van der Waals surface area contributed by atoms with Crippen LogP contribution in [-0.4, -0.2) is 35.4 Å². The van der Waals surface area contributed by atoms with Crippen LogP contribution in [0.4, 0.5) is 10.5 Å². The SMILES string of the molecule is CN1OC(CC(=O)O)N(c2ccc(Cl)cc2Cl)C1=O.